The molecule has 0 aliphatic carbocycles. The maximum absolute atomic E-state index is 12.4. The minimum absolute atomic E-state index is 0.131. The van der Waals surface area contributed by atoms with E-state index in [1.165, 1.54) is 5.56 Å². The van der Waals surface area contributed by atoms with Gasteiger partial charge in [-0.2, -0.15) is 0 Å². The molecule has 0 bridgehead atoms. The Morgan fingerprint density at radius 3 is 2.67 bits per heavy atom. The first-order valence-corrected chi connectivity index (χ1v) is 6.39. The summed E-state index contributed by atoms with van der Waals surface area (Å²) in [6, 6.07) is 3.97. The topological polar surface area (TPSA) is 50.4 Å². The molecule has 2 heterocycles. The van der Waals surface area contributed by atoms with Crippen LogP contribution in [0.25, 0.3) is 0 Å². The van der Waals surface area contributed by atoms with Crippen molar-refractivity contribution >= 4 is 11.6 Å². The van der Waals surface area contributed by atoms with Crippen LogP contribution in [0.5, 0.6) is 5.75 Å². The van der Waals surface area contributed by atoms with Gasteiger partial charge in [-0.25, -0.2) is 0 Å². The zero-order valence-corrected chi connectivity index (χ0v) is 10.8. The lowest BCUT2D eigenvalue weighted by Crippen LogP contribution is -2.44. The van der Waals surface area contributed by atoms with E-state index < -0.39 is 0 Å². The molecule has 18 heavy (non-hydrogen) atoms. The van der Waals surface area contributed by atoms with Gasteiger partial charge < -0.3 is 15.4 Å². The molecule has 1 fully saturated rings. The largest absolute Gasteiger partial charge is 0.495 e. The fraction of sp³-hybridized carbons (Fsp3) is 0.500. The van der Waals surface area contributed by atoms with Gasteiger partial charge >= 0.3 is 0 Å². The summed E-state index contributed by atoms with van der Waals surface area (Å²) in [6.45, 7) is 3.86. The standard InChI is InChI=1S/C14H18N2O2/c1-9-3-4-10(18-2)12-11(9)14(13(17)16-12)5-7-15-8-6-14/h3-4,15H,5-8H2,1-2H3,(H,16,17). The highest BCUT2D eigenvalue weighted by Gasteiger charge is 2.49. The van der Waals surface area contributed by atoms with Crippen LogP contribution in [-0.2, 0) is 10.2 Å². The average molecular weight is 246 g/mol. The summed E-state index contributed by atoms with van der Waals surface area (Å²) in [4.78, 5) is 12.4. The van der Waals surface area contributed by atoms with E-state index in [1.54, 1.807) is 7.11 Å². The van der Waals surface area contributed by atoms with Gasteiger partial charge in [-0.3, -0.25) is 4.79 Å². The van der Waals surface area contributed by atoms with Gasteiger partial charge in [0.25, 0.3) is 0 Å². The second-order valence-electron chi connectivity index (χ2n) is 5.12. The molecule has 2 aliphatic rings. The molecular weight excluding hydrogens is 228 g/mol. The fourth-order valence-corrected chi connectivity index (χ4v) is 3.28. The summed E-state index contributed by atoms with van der Waals surface area (Å²) < 4.78 is 5.36. The molecule has 1 spiro atoms. The Balaban J connectivity index is 2.19. The van der Waals surface area contributed by atoms with Crippen molar-refractivity contribution in [3.8, 4) is 5.75 Å². The van der Waals surface area contributed by atoms with Gasteiger partial charge in [-0.05, 0) is 50.0 Å². The van der Waals surface area contributed by atoms with E-state index in [1.807, 2.05) is 12.1 Å². The van der Waals surface area contributed by atoms with Crippen molar-refractivity contribution in [3.63, 3.8) is 0 Å². The van der Waals surface area contributed by atoms with Crippen LogP contribution in [0.4, 0.5) is 5.69 Å². The third kappa shape index (κ3) is 1.38. The lowest BCUT2D eigenvalue weighted by molar-refractivity contribution is -0.121. The van der Waals surface area contributed by atoms with Crippen LogP contribution < -0.4 is 15.4 Å². The molecule has 1 amide bonds. The first-order valence-electron chi connectivity index (χ1n) is 6.39. The van der Waals surface area contributed by atoms with Crippen LogP contribution in [0.2, 0.25) is 0 Å². The molecular formula is C14H18N2O2. The van der Waals surface area contributed by atoms with Gasteiger partial charge in [0.2, 0.25) is 5.91 Å². The Morgan fingerprint density at radius 1 is 1.28 bits per heavy atom. The lowest BCUT2D eigenvalue weighted by atomic mass is 9.72. The number of hydrogen-bond acceptors (Lipinski definition) is 3. The summed E-state index contributed by atoms with van der Waals surface area (Å²) in [5.41, 5.74) is 2.85. The van der Waals surface area contributed by atoms with Gasteiger partial charge in [0.15, 0.2) is 0 Å². The number of ether oxygens (including phenoxy) is 1. The molecule has 0 saturated carbocycles. The first-order chi connectivity index (χ1) is 8.69. The second kappa shape index (κ2) is 3.99. The number of carbonyl (C=O) groups excluding carboxylic acids is 1. The lowest BCUT2D eigenvalue weighted by Gasteiger charge is -2.33. The van der Waals surface area contributed by atoms with Crippen LogP contribution in [0.3, 0.4) is 0 Å². The third-order valence-electron chi connectivity index (χ3n) is 4.20. The van der Waals surface area contributed by atoms with E-state index in [4.69, 9.17) is 4.74 Å². The van der Waals surface area contributed by atoms with Gasteiger partial charge in [0.1, 0.15) is 5.75 Å². The molecule has 3 rings (SSSR count). The SMILES string of the molecule is COc1ccc(C)c2c1NC(=O)C21CCNCC1. The van der Waals surface area contributed by atoms with Gasteiger partial charge in [0, 0.05) is 0 Å². The zero-order chi connectivity index (χ0) is 12.8. The van der Waals surface area contributed by atoms with Crippen LogP contribution in [0.15, 0.2) is 12.1 Å². The Kier molecular flexibility index (Phi) is 2.55. The highest BCUT2D eigenvalue weighted by Crippen LogP contribution is 2.48. The first kappa shape index (κ1) is 11.5. The van der Waals surface area contributed by atoms with Crippen molar-refractivity contribution in [3.05, 3.63) is 23.3 Å². The van der Waals surface area contributed by atoms with Gasteiger partial charge in [-0.1, -0.05) is 6.07 Å². The molecule has 1 aromatic carbocycles. The quantitative estimate of drug-likeness (QED) is 0.791. The van der Waals surface area contributed by atoms with Crippen molar-refractivity contribution in [2.24, 2.45) is 0 Å². The van der Waals surface area contributed by atoms with Crippen LogP contribution in [-0.4, -0.2) is 26.1 Å². The Morgan fingerprint density at radius 2 is 2.00 bits per heavy atom. The maximum Gasteiger partial charge on any atom is 0.235 e. The molecule has 2 aliphatic heterocycles. The highest BCUT2D eigenvalue weighted by atomic mass is 16.5. The zero-order valence-electron chi connectivity index (χ0n) is 10.8. The van der Waals surface area contributed by atoms with E-state index in [0.29, 0.717) is 0 Å². The molecule has 4 nitrogen and oxygen atoms in total. The van der Waals surface area contributed by atoms with Gasteiger partial charge in [0.05, 0.1) is 18.2 Å². The van der Waals surface area contributed by atoms with E-state index in [-0.39, 0.29) is 11.3 Å². The number of piperidine rings is 1. The van der Waals surface area contributed by atoms with Crippen LogP contribution in [0, 0.1) is 6.92 Å². The maximum atomic E-state index is 12.4. The average Bonchev–Trinajstić information content (AvgIpc) is 2.66. The Hall–Kier alpha value is -1.55. The third-order valence-corrected chi connectivity index (χ3v) is 4.20. The van der Waals surface area contributed by atoms with Crippen molar-refractivity contribution in [2.75, 3.05) is 25.5 Å². The summed E-state index contributed by atoms with van der Waals surface area (Å²) in [6.07, 6.45) is 1.72. The smallest absolute Gasteiger partial charge is 0.235 e. The summed E-state index contributed by atoms with van der Waals surface area (Å²) in [5.74, 6) is 0.894. The minimum atomic E-state index is -0.348. The molecule has 4 heteroatoms. The predicted octanol–water partition coefficient (Wildman–Crippen LogP) is 1.58. The second-order valence-corrected chi connectivity index (χ2v) is 5.12. The van der Waals surface area contributed by atoms with E-state index in [0.717, 1.165) is 42.9 Å². The van der Waals surface area contributed by atoms with Crippen molar-refractivity contribution in [2.45, 2.75) is 25.2 Å². The number of aryl methyl sites for hydroxylation is 1. The van der Waals surface area contributed by atoms with Crippen LogP contribution >= 0.6 is 0 Å². The van der Waals surface area contributed by atoms with Crippen LogP contribution in [0.1, 0.15) is 24.0 Å². The summed E-state index contributed by atoms with van der Waals surface area (Å²) in [5, 5.41) is 6.35. The number of fused-ring (bicyclic) bond motifs is 2. The number of carbonyl (C=O) groups is 1. The normalized spacial score (nSPS) is 20.7. The minimum Gasteiger partial charge on any atom is -0.495 e. The number of hydrogen-bond donors (Lipinski definition) is 2. The molecule has 1 saturated heterocycles. The highest BCUT2D eigenvalue weighted by molar-refractivity contribution is 6.08. The fourth-order valence-electron chi connectivity index (χ4n) is 3.28. The van der Waals surface area contributed by atoms with E-state index in [2.05, 4.69) is 17.6 Å². The number of benzene rings is 1. The number of amides is 1. The summed E-state index contributed by atoms with van der Waals surface area (Å²) in [7, 11) is 1.64. The van der Waals surface area contributed by atoms with E-state index >= 15 is 0 Å². The molecule has 0 atom stereocenters. The molecule has 1 aromatic rings. The molecule has 0 radical (unpaired) electrons. The molecule has 96 valence electrons. The number of anilines is 1. The number of nitrogens with one attached hydrogen (secondary N) is 2. The van der Waals surface area contributed by atoms with Crippen molar-refractivity contribution < 1.29 is 9.53 Å². The van der Waals surface area contributed by atoms with Crippen molar-refractivity contribution in [1.82, 2.24) is 5.32 Å². The molecule has 0 aromatic heterocycles. The van der Waals surface area contributed by atoms with E-state index in [9.17, 15) is 4.79 Å². The van der Waals surface area contributed by atoms with Gasteiger partial charge in [-0.15, -0.1) is 0 Å². The molecule has 2 N–H and O–H groups in total. The Labute approximate surface area is 107 Å². The number of rotatable bonds is 1. The number of methoxy groups -OCH3 is 1. The monoisotopic (exact) mass is 246 g/mol. The Bertz CT molecular complexity index is 505. The predicted molar refractivity (Wildman–Crippen MR) is 70.1 cm³/mol. The van der Waals surface area contributed by atoms with Crippen molar-refractivity contribution in [1.29, 1.82) is 0 Å². The molecule has 0 unspecified atom stereocenters. The summed E-state index contributed by atoms with van der Waals surface area (Å²) >= 11 is 0.